The number of benzene rings is 3. The molecule has 0 unspecified atom stereocenters. The van der Waals surface area contributed by atoms with Crippen molar-refractivity contribution in [3.05, 3.63) is 101 Å². The minimum atomic E-state index is -0.165. The van der Waals surface area contributed by atoms with Gasteiger partial charge < -0.3 is 10.3 Å². The fourth-order valence-electron chi connectivity index (χ4n) is 4.46. The van der Waals surface area contributed by atoms with Gasteiger partial charge in [-0.1, -0.05) is 61.2 Å². The summed E-state index contributed by atoms with van der Waals surface area (Å²) >= 11 is 0. The van der Waals surface area contributed by atoms with Gasteiger partial charge in [-0.25, -0.2) is 4.39 Å². The summed E-state index contributed by atoms with van der Waals surface area (Å²) in [6, 6.07) is 20.8. The fourth-order valence-corrected chi connectivity index (χ4v) is 4.46. The molecule has 1 heterocycles. The van der Waals surface area contributed by atoms with E-state index in [-0.39, 0.29) is 5.82 Å². The first-order valence-corrected chi connectivity index (χ1v) is 11.3. The summed E-state index contributed by atoms with van der Waals surface area (Å²) in [5, 5.41) is 4.15. The van der Waals surface area contributed by atoms with Crippen molar-refractivity contribution >= 4 is 16.6 Å². The molecule has 0 bridgehead atoms. The molecule has 0 aliphatic carbocycles. The molecule has 0 aliphatic heterocycles. The zero-order chi connectivity index (χ0) is 22.7. The van der Waals surface area contributed by atoms with Crippen molar-refractivity contribution < 1.29 is 4.39 Å². The van der Waals surface area contributed by atoms with Crippen molar-refractivity contribution in [1.82, 2.24) is 10.3 Å². The SMILES string of the molecule is C=C(NC)c1ccc(-c2ccc(CCCCc3c(C)[nH]c4c(F)ccc(C)c34)cc2)cc1. The van der Waals surface area contributed by atoms with Gasteiger partial charge in [-0.2, -0.15) is 0 Å². The van der Waals surface area contributed by atoms with E-state index in [0.29, 0.717) is 5.52 Å². The first kappa shape index (κ1) is 21.9. The van der Waals surface area contributed by atoms with Crippen LogP contribution in [0.4, 0.5) is 4.39 Å². The van der Waals surface area contributed by atoms with Gasteiger partial charge in [0.1, 0.15) is 5.82 Å². The Morgan fingerprint density at radius 3 is 2.16 bits per heavy atom. The predicted octanol–water partition coefficient (Wildman–Crippen LogP) is 7.35. The molecule has 0 atom stereocenters. The molecule has 0 saturated heterocycles. The lowest BCUT2D eigenvalue weighted by atomic mass is 9.98. The number of rotatable bonds is 8. The Morgan fingerprint density at radius 2 is 1.50 bits per heavy atom. The van der Waals surface area contributed by atoms with E-state index in [4.69, 9.17) is 0 Å². The maximum absolute atomic E-state index is 14.2. The smallest absolute Gasteiger partial charge is 0.147 e. The Kier molecular flexibility index (Phi) is 6.45. The molecule has 164 valence electrons. The number of aromatic nitrogens is 1. The normalized spacial score (nSPS) is 11.1. The first-order valence-electron chi connectivity index (χ1n) is 11.3. The molecular formula is C29H31FN2. The van der Waals surface area contributed by atoms with E-state index >= 15 is 0 Å². The molecule has 3 aromatic carbocycles. The highest BCUT2D eigenvalue weighted by Gasteiger charge is 2.13. The lowest BCUT2D eigenvalue weighted by Gasteiger charge is -2.08. The number of hydrogen-bond acceptors (Lipinski definition) is 1. The Labute approximate surface area is 190 Å². The summed E-state index contributed by atoms with van der Waals surface area (Å²) in [6.07, 6.45) is 4.22. The zero-order valence-corrected chi connectivity index (χ0v) is 19.2. The van der Waals surface area contributed by atoms with Crippen LogP contribution in [-0.4, -0.2) is 12.0 Å². The number of nitrogens with one attached hydrogen (secondary N) is 2. The van der Waals surface area contributed by atoms with Crippen LogP contribution in [0.2, 0.25) is 0 Å². The van der Waals surface area contributed by atoms with Crippen LogP contribution in [0.15, 0.2) is 67.2 Å². The van der Waals surface area contributed by atoms with Gasteiger partial charge in [0, 0.05) is 23.8 Å². The van der Waals surface area contributed by atoms with Crippen molar-refractivity contribution in [2.45, 2.75) is 39.5 Å². The number of H-pyrrole nitrogens is 1. The van der Waals surface area contributed by atoms with Gasteiger partial charge in [0.25, 0.3) is 0 Å². The van der Waals surface area contributed by atoms with Gasteiger partial charge in [-0.15, -0.1) is 0 Å². The molecule has 0 aliphatic rings. The van der Waals surface area contributed by atoms with Crippen molar-refractivity contribution in [1.29, 1.82) is 0 Å². The number of fused-ring (bicyclic) bond motifs is 1. The van der Waals surface area contributed by atoms with Gasteiger partial charge in [0.2, 0.25) is 0 Å². The molecule has 3 heteroatoms. The Bertz CT molecular complexity index is 1230. The van der Waals surface area contributed by atoms with Crippen LogP contribution in [0.1, 0.15) is 40.8 Å². The average molecular weight is 427 g/mol. The van der Waals surface area contributed by atoms with E-state index in [2.05, 4.69) is 72.3 Å². The molecule has 4 rings (SSSR count). The maximum atomic E-state index is 14.2. The molecule has 0 radical (unpaired) electrons. The van der Waals surface area contributed by atoms with Gasteiger partial charge in [0.15, 0.2) is 0 Å². The largest absolute Gasteiger partial charge is 0.388 e. The third-order valence-corrected chi connectivity index (χ3v) is 6.39. The summed E-state index contributed by atoms with van der Waals surface area (Å²) in [5.74, 6) is -0.165. The van der Waals surface area contributed by atoms with Crippen molar-refractivity contribution in [2.75, 3.05) is 7.05 Å². The lowest BCUT2D eigenvalue weighted by molar-refractivity contribution is 0.637. The van der Waals surface area contributed by atoms with E-state index < -0.39 is 0 Å². The average Bonchev–Trinajstić information content (AvgIpc) is 3.16. The molecular weight excluding hydrogens is 395 g/mol. The van der Waals surface area contributed by atoms with Gasteiger partial charge >= 0.3 is 0 Å². The third-order valence-electron chi connectivity index (χ3n) is 6.39. The highest BCUT2D eigenvalue weighted by atomic mass is 19.1. The molecule has 1 aromatic heterocycles. The first-order chi connectivity index (χ1) is 15.5. The minimum absolute atomic E-state index is 0.165. The second-order valence-electron chi connectivity index (χ2n) is 8.55. The number of aryl methyl sites for hydroxylation is 4. The predicted molar refractivity (Wildman–Crippen MR) is 134 cm³/mol. The van der Waals surface area contributed by atoms with Crippen LogP contribution >= 0.6 is 0 Å². The molecule has 0 amide bonds. The van der Waals surface area contributed by atoms with E-state index in [1.807, 2.05) is 20.0 Å². The van der Waals surface area contributed by atoms with Crippen LogP contribution in [-0.2, 0) is 12.8 Å². The molecule has 32 heavy (non-hydrogen) atoms. The van der Waals surface area contributed by atoms with Gasteiger partial charge in [-0.05, 0) is 79.0 Å². The zero-order valence-electron chi connectivity index (χ0n) is 19.2. The molecule has 0 spiro atoms. The summed E-state index contributed by atoms with van der Waals surface area (Å²) < 4.78 is 14.2. The summed E-state index contributed by atoms with van der Waals surface area (Å²) in [5.41, 5.74) is 9.96. The van der Waals surface area contributed by atoms with Crippen molar-refractivity contribution in [2.24, 2.45) is 0 Å². The van der Waals surface area contributed by atoms with Gasteiger partial charge in [-0.3, -0.25) is 0 Å². The summed E-state index contributed by atoms with van der Waals surface area (Å²) in [7, 11) is 1.89. The van der Waals surface area contributed by atoms with Crippen LogP contribution in [0.3, 0.4) is 0 Å². The maximum Gasteiger partial charge on any atom is 0.147 e. The quantitative estimate of drug-likeness (QED) is 0.283. The second-order valence-corrected chi connectivity index (χ2v) is 8.55. The van der Waals surface area contributed by atoms with Crippen LogP contribution in [0.25, 0.3) is 27.7 Å². The van der Waals surface area contributed by atoms with Crippen molar-refractivity contribution in [3.63, 3.8) is 0 Å². The molecule has 4 aromatic rings. The molecule has 2 N–H and O–H groups in total. The highest BCUT2D eigenvalue weighted by molar-refractivity contribution is 5.88. The topological polar surface area (TPSA) is 27.8 Å². The van der Waals surface area contributed by atoms with Crippen LogP contribution in [0, 0.1) is 19.7 Å². The Hall–Kier alpha value is -3.33. The monoisotopic (exact) mass is 426 g/mol. The summed E-state index contributed by atoms with van der Waals surface area (Å²) in [4.78, 5) is 3.25. The van der Waals surface area contributed by atoms with E-state index in [0.717, 1.165) is 53.6 Å². The standard InChI is InChI=1S/C29H31FN2/c1-19-9-18-27(30)29-28(19)26(21(3)32-29)8-6-5-7-22-10-12-24(13-11-22)25-16-14-23(15-17-25)20(2)31-4/h9-18,31-32H,2,5-8H2,1,3-4H3. The summed E-state index contributed by atoms with van der Waals surface area (Å²) in [6.45, 7) is 8.12. The van der Waals surface area contributed by atoms with E-state index in [1.54, 1.807) is 6.07 Å². The van der Waals surface area contributed by atoms with Crippen LogP contribution in [0.5, 0.6) is 0 Å². The molecule has 2 nitrogen and oxygen atoms in total. The molecule has 0 fully saturated rings. The number of halogens is 1. The third kappa shape index (κ3) is 4.47. The highest BCUT2D eigenvalue weighted by Crippen LogP contribution is 2.29. The fraction of sp³-hybridized carbons (Fsp3) is 0.241. The number of unbranched alkanes of at least 4 members (excludes halogenated alkanes) is 1. The lowest BCUT2D eigenvalue weighted by Crippen LogP contribution is -2.02. The number of hydrogen-bond donors (Lipinski definition) is 2. The number of aromatic amines is 1. The minimum Gasteiger partial charge on any atom is -0.388 e. The Balaban J connectivity index is 1.36. The van der Waals surface area contributed by atoms with E-state index in [9.17, 15) is 4.39 Å². The van der Waals surface area contributed by atoms with Crippen molar-refractivity contribution in [3.8, 4) is 11.1 Å². The van der Waals surface area contributed by atoms with E-state index in [1.165, 1.54) is 22.3 Å². The second kappa shape index (κ2) is 9.44. The molecule has 0 saturated carbocycles. The Morgan fingerprint density at radius 1 is 0.875 bits per heavy atom. The van der Waals surface area contributed by atoms with Gasteiger partial charge in [0.05, 0.1) is 5.52 Å². The van der Waals surface area contributed by atoms with Crippen LogP contribution < -0.4 is 5.32 Å².